The number of hydrogen-bond donors (Lipinski definition) is 2. The molecule has 0 spiro atoms. The van der Waals surface area contributed by atoms with Crippen LogP contribution in [0.5, 0.6) is 5.75 Å². The van der Waals surface area contributed by atoms with Gasteiger partial charge >= 0.3 is 0 Å². The van der Waals surface area contributed by atoms with Gasteiger partial charge in [0.2, 0.25) is 5.69 Å². The summed E-state index contributed by atoms with van der Waals surface area (Å²) in [5.41, 5.74) is 15.4. The third-order valence-corrected chi connectivity index (χ3v) is 3.41. The number of nitrogens with one attached hydrogen (secondary N) is 1. The molecule has 1 aromatic carbocycles. The van der Waals surface area contributed by atoms with Crippen molar-refractivity contribution in [2.45, 2.75) is 0 Å². The van der Waals surface area contributed by atoms with Crippen LogP contribution in [-0.2, 0) is 0 Å². The van der Waals surface area contributed by atoms with E-state index in [9.17, 15) is 5.26 Å². The summed E-state index contributed by atoms with van der Waals surface area (Å²) < 4.78 is 5.60. The molecule has 0 saturated carbocycles. The normalized spacial score (nSPS) is 9.42. The topological polar surface area (TPSA) is 128 Å². The zero-order valence-corrected chi connectivity index (χ0v) is 13.2. The molecule has 0 atom stereocenters. The number of nitrogen functional groups attached to an aromatic ring is 1. The molecule has 24 heavy (non-hydrogen) atoms. The number of anilines is 1. The lowest BCUT2D eigenvalue weighted by molar-refractivity contribution is 0.328. The number of nitrogens with two attached hydrogens (primary N) is 1. The second kappa shape index (κ2) is 7.65. The molecule has 0 unspecified atom stereocenters. The molecular weight excluding hydrogens is 326 g/mol. The van der Waals surface area contributed by atoms with Gasteiger partial charge in [-0.15, -0.1) is 0 Å². The molecule has 118 valence electrons. The SMILES string of the molecule is [C-]#[N+]c1c(N)[nH]c(=S)c(C#N)c1-c1ccc(OCCN=[N+]=[N-])cc1. The number of nitrogens with zero attached hydrogens (tertiary/aromatic N) is 5. The Labute approximate surface area is 142 Å². The number of rotatable bonds is 5. The second-order valence-corrected chi connectivity index (χ2v) is 4.93. The minimum atomic E-state index is 0.124. The van der Waals surface area contributed by atoms with Gasteiger partial charge in [0.1, 0.15) is 22.3 Å². The number of H-pyrrole nitrogens is 1. The standard InChI is InChI=1S/C15H11N7OS/c1-19-13-12(11(8-16)15(24)21-14(13)17)9-2-4-10(5-3-9)23-7-6-20-22-18/h2-5H,6-7H2,(H3,17,21,24). The monoisotopic (exact) mass is 337 g/mol. The van der Waals surface area contributed by atoms with Crippen LogP contribution in [0.3, 0.4) is 0 Å². The molecule has 1 aromatic heterocycles. The summed E-state index contributed by atoms with van der Waals surface area (Å²) in [6.07, 6.45) is 0. The zero-order chi connectivity index (χ0) is 17.5. The maximum absolute atomic E-state index is 9.35. The molecule has 8 nitrogen and oxygen atoms in total. The van der Waals surface area contributed by atoms with E-state index in [1.54, 1.807) is 24.3 Å². The quantitative estimate of drug-likeness (QED) is 0.212. The van der Waals surface area contributed by atoms with E-state index in [0.29, 0.717) is 16.9 Å². The average molecular weight is 337 g/mol. The van der Waals surface area contributed by atoms with Gasteiger partial charge in [0, 0.05) is 10.5 Å². The lowest BCUT2D eigenvalue weighted by atomic mass is 10.00. The Kier molecular flexibility index (Phi) is 5.37. The van der Waals surface area contributed by atoms with E-state index in [-0.39, 0.29) is 34.9 Å². The molecule has 0 bridgehead atoms. The van der Waals surface area contributed by atoms with Crippen molar-refractivity contribution >= 4 is 23.7 Å². The van der Waals surface area contributed by atoms with Crippen molar-refractivity contribution in [2.75, 3.05) is 18.9 Å². The Balaban J connectivity index is 2.43. The van der Waals surface area contributed by atoms with Crippen molar-refractivity contribution in [1.29, 1.82) is 5.26 Å². The first-order valence-corrected chi connectivity index (χ1v) is 7.10. The van der Waals surface area contributed by atoms with Crippen LogP contribution in [0.2, 0.25) is 0 Å². The van der Waals surface area contributed by atoms with Crippen LogP contribution in [0.15, 0.2) is 29.4 Å². The molecule has 0 aliphatic heterocycles. The predicted octanol–water partition coefficient (Wildman–Crippen LogP) is 4.10. The van der Waals surface area contributed by atoms with Crippen LogP contribution in [0.1, 0.15) is 5.56 Å². The number of aromatic nitrogens is 1. The molecule has 0 aliphatic rings. The smallest absolute Gasteiger partial charge is 0.234 e. The third-order valence-electron chi connectivity index (χ3n) is 3.11. The number of nitriles is 1. The largest absolute Gasteiger partial charge is 0.493 e. The Bertz CT molecular complexity index is 944. The lowest BCUT2D eigenvalue weighted by Gasteiger charge is -2.11. The fourth-order valence-electron chi connectivity index (χ4n) is 2.08. The first-order valence-electron chi connectivity index (χ1n) is 6.69. The molecule has 0 aliphatic carbocycles. The van der Waals surface area contributed by atoms with Gasteiger partial charge in [-0.3, -0.25) is 0 Å². The Morgan fingerprint density at radius 2 is 2.12 bits per heavy atom. The van der Waals surface area contributed by atoms with E-state index in [2.05, 4.69) is 19.9 Å². The predicted molar refractivity (Wildman–Crippen MR) is 92.0 cm³/mol. The summed E-state index contributed by atoms with van der Waals surface area (Å²) in [5.74, 6) is 0.697. The van der Waals surface area contributed by atoms with Crippen molar-refractivity contribution in [3.8, 4) is 22.9 Å². The van der Waals surface area contributed by atoms with Crippen molar-refractivity contribution in [3.63, 3.8) is 0 Å². The zero-order valence-electron chi connectivity index (χ0n) is 12.4. The third kappa shape index (κ3) is 3.45. The highest BCUT2D eigenvalue weighted by molar-refractivity contribution is 7.71. The van der Waals surface area contributed by atoms with E-state index in [1.165, 1.54) is 0 Å². The van der Waals surface area contributed by atoms with E-state index in [1.807, 2.05) is 6.07 Å². The number of ether oxygens (including phenoxy) is 1. The summed E-state index contributed by atoms with van der Waals surface area (Å²) in [7, 11) is 0. The van der Waals surface area contributed by atoms with Gasteiger partial charge in [-0.05, 0) is 23.2 Å². The fourth-order valence-corrected chi connectivity index (χ4v) is 2.34. The molecule has 1 heterocycles. The van der Waals surface area contributed by atoms with Crippen LogP contribution < -0.4 is 10.5 Å². The van der Waals surface area contributed by atoms with E-state index < -0.39 is 0 Å². The highest BCUT2D eigenvalue weighted by Gasteiger charge is 2.16. The van der Waals surface area contributed by atoms with E-state index in [0.717, 1.165) is 0 Å². The molecule has 9 heteroatoms. The summed E-state index contributed by atoms with van der Waals surface area (Å²) in [4.78, 5) is 8.71. The minimum absolute atomic E-state index is 0.124. The highest BCUT2D eigenvalue weighted by atomic mass is 32.1. The lowest BCUT2D eigenvalue weighted by Crippen LogP contribution is -2.00. The summed E-state index contributed by atoms with van der Waals surface area (Å²) in [6, 6.07) is 8.82. The van der Waals surface area contributed by atoms with Crippen molar-refractivity contribution in [2.24, 2.45) is 5.11 Å². The van der Waals surface area contributed by atoms with Gasteiger partial charge in [0.25, 0.3) is 0 Å². The molecule has 2 rings (SSSR count). The van der Waals surface area contributed by atoms with Crippen LogP contribution >= 0.6 is 12.2 Å². The second-order valence-electron chi connectivity index (χ2n) is 4.52. The summed E-state index contributed by atoms with van der Waals surface area (Å²) in [6.45, 7) is 7.79. The van der Waals surface area contributed by atoms with Crippen LogP contribution in [0.25, 0.3) is 26.4 Å². The molecule has 0 radical (unpaired) electrons. The number of hydrogen-bond acceptors (Lipinski definition) is 5. The van der Waals surface area contributed by atoms with Crippen molar-refractivity contribution in [1.82, 2.24) is 4.98 Å². The van der Waals surface area contributed by atoms with Gasteiger partial charge in [-0.25, -0.2) is 4.85 Å². The van der Waals surface area contributed by atoms with Gasteiger partial charge in [0.15, 0.2) is 0 Å². The van der Waals surface area contributed by atoms with Gasteiger partial charge in [-0.2, -0.15) is 5.26 Å². The fraction of sp³-hybridized carbons (Fsp3) is 0.133. The van der Waals surface area contributed by atoms with Crippen molar-refractivity contribution < 1.29 is 4.74 Å². The number of aromatic amines is 1. The van der Waals surface area contributed by atoms with Gasteiger partial charge < -0.3 is 15.5 Å². The molecule has 2 aromatic rings. The van der Waals surface area contributed by atoms with E-state index in [4.69, 9.17) is 34.8 Å². The average Bonchev–Trinajstić information content (AvgIpc) is 2.59. The first kappa shape index (κ1) is 16.8. The van der Waals surface area contributed by atoms with Gasteiger partial charge in [0.05, 0.1) is 25.3 Å². The van der Waals surface area contributed by atoms with E-state index >= 15 is 0 Å². The maximum Gasteiger partial charge on any atom is 0.234 e. The molecule has 0 fully saturated rings. The number of azide groups is 1. The molecule has 0 saturated heterocycles. The Hall–Kier alpha value is -3.52. The highest BCUT2D eigenvalue weighted by Crippen LogP contribution is 2.37. The minimum Gasteiger partial charge on any atom is -0.493 e. The first-order chi connectivity index (χ1) is 11.6. The number of benzene rings is 1. The van der Waals surface area contributed by atoms with Crippen LogP contribution in [0.4, 0.5) is 11.5 Å². The summed E-state index contributed by atoms with van der Waals surface area (Å²) >= 11 is 5.12. The summed E-state index contributed by atoms with van der Waals surface area (Å²) in [5, 5.41) is 12.7. The maximum atomic E-state index is 9.35. The molecule has 0 amide bonds. The number of pyridine rings is 1. The Morgan fingerprint density at radius 1 is 1.42 bits per heavy atom. The van der Waals surface area contributed by atoms with Crippen LogP contribution in [-0.4, -0.2) is 18.1 Å². The van der Waals surface area contributed by atoms with Gasteiger partial charge in [-0.1, -0.05) is 29.5 Å². The molecular formula is C15H11N7OS. The Morgan fingerprint density at radius 3 is 2.71 bits per heavy atom. The van der Waals surface area contributed by atoms with Crippen LogP contribution in [0, 0.1) is 22.5 Å². The molecule has 3 N–H and O–H groups in total. The van der Waals surface area contributed by atoms with Crippen molar-refractivity contribution in [3.05, 3.63) is 56.3 Å².